The van der Waals surface area contributed by atoms with Crippen molar-refractivity contribution in [1.29, 1.82) is 0 Å². The first kappa shape index (κ1) is 12.8. The molecule has 0 fully saturated rings. The van der Waals surface area contributed by atoms with Crippen molar-refractivity contribution in [1.82, 2.24) is 0 Å². The highest BCUT2D eigenvalue weighted by molar-refractivity contribution is 6.32. The lowest BCUT2D eigenvalue weighted by atomic mass is 10.2. The molecule has 0 saturated carbocycles. The number of aryl methyl sites for hydroxylation is 1. The second kappa shape index (κ2) is 5.78. The van der Waals surface area contributed by atoms with Crippen molar-refractivity contribution in [2.24, 2.45) is 0 Å². The van der Waals surface area contributed by atoms with Gasteiger partial charge >= 0.3 is 0 Å². The summed E-state index contributed by atoms with van der Waals surface area (Å²) >= 11 is 5.97. The Morgan fingerprint density at radius 2 is 1.78 bits per heavy atom. The molecular weight excluding hydrogens is 248 g/mol. The van der Waals surface area contributed by atoms with Crippen molar-refractivity contribution in [2.75, 3.05) is 7.11 Å². The van der Waals surface area contributed by atoms with E-state index in [1.165, 1.54) is 5.56 Å². The number of rotatable bonds is 4. The number of halogens is 1. The number of hydrogen-bond acceptors (Lipinski definition) is 2. The van der Waals surface area contributed by atoms with Crippen molar-refractivity contribution in [3.05, 3.63) is 58.6 Å². The van der Waals surface area contributed by atoms with Crippen LogP contribution in [0.1, 0.15) is 11.1 Å². The highest BCUT2D eigenvalue weighted by Gasteiger charge is 2.02. The number of methoxy groups -OCH3 is 1. The summed E-state index contributed by atoms with van der Waals surface area (Å²) in [5.41, 5.74) is 2.24. The van der Waals surface area contributed by atoms with Gasteiger partial charge in [0.25, 0.3) is 0 Å². The van der Waals surface area contributed by atoms with Crippen LogP contribution in [-0.4, -0.2) is 7.11 Å². The lowest BCUT2D eigenvalue weighted by molar-refractivity contribution is 0.305. The SMILES string of the molecule is COc1cc(COc2ccc(C)cc2)ccc1Cl. The average molecular weight is 263 g/mol. The van der Waals surface area contributed by atoms with E-state index in [1.54, 1.807) is 7.11 Å². The van der Waals surface area contributed by atoms with E-state index in [0.29, 0.717) is 17.4 Å². The Kier molecular flexibility index (Phi) is 4.11. The molecule has 0 spiro atoms. The summed E-state index contributed by atoms with van der Waals surface area (Å²) < 4.78 is 10.9. The number of ether oxygens (including phenoxy) is 2. The molecule has 0 N–H and O–H groups in total. The summed E-state index contributed by atoms with van der Waals surface area (Å²) in [6, 6.07) is 13.6. The zero-order valence-electron chi connectivity index (χ0n) is 10.4. The van der Waals surface area contributed by atoms with Gasteiger partial charge in [0.15, 0.2) is 0 Å². The van der Waals surface area contributed by atoms with E-state index in [-0.39, 0.29) is 0 Å². The molecule has 0 radical (unpaired) electrons. The van der Waals surface area contributed by atoms with Crippen LogP contribution in [0.25, 0.3) is 0 Å². The third-order valence-electron chi connectivity index (χ3n) is 2.64. The van der Waals surface area contributed by atoms with Crippen LogP contribution in [0.5, 0.6) is 11.5 Å². The van der Waals surface area contributed by atoms with Crippen molar-refractivity contribution in [3.8, 4) is 11.5 Å². The standard InChI is InChI=1S/C15H15ClO2/c1-11-3-6-13(7-4-11)18-10-12-5-8-14(16)15(9-12)17-2/h3-9H,10H2,1-2H3. The molecule has 0 saturated heterocycles. The van der Waals surface area contributed by atoms with Crippen LogP contribution in [0.4, 0.5) is 0 Å². The minimum atomic E-state index is 0.497. The molecular formula is C15H15ClO2. The highest BCUT2D eigenvalue weighted by Crippen LogP contribution is 2.25. The molecule has 2 aromatic carbocycles. The molecule has 0 bridgehead atoms. The predicted molar refractivity (Wildman–Crippen MR) is 73.5 cm³/mol. The summed E-state index contributed by atoms with van der Waals surface area (Å²) in [6.45, 7) is 2.55. The van der Waals surface area contributed by atoms with E-state index in [2.05, 4.69) is 0 Å². The maximum Gasteiger partial charge on any atom is 0.137 e. The minimum absolute atomic E-state index is 0.497. The normalized spacial score (nSPS) is 10.2. The van der Waals surface area contributed by atoms with Crippen LogP contribution in [0.15, 0.2) is 42.5 Å². The first-order chi connectivity index (χ1) is 8.69. The van der Waals surface area contributed by atoms with Crippen LogP contribution in [0.3, 0.4) is 0 Å². The van der Waals surface area contributed by atoms with E-state index in [9.17, 15) is 0 Å². The van der Waals surface area contributed by atoms with Crippen molar-refractivity contribution in [2.45, 2.75) is 13.5 Å². The third-order valence-corrected chi connectivity index (χ3v) is 2.95. The molecule has 2 aromatic rings. The molecule has 0 unspecified atom stereocenters. The summed E-state index contributed by atoms with van der Waals surface area (Å²) in [6.07, 6.45) is 0. The fraction of sp³-hybridized carbons (Fsp3) is 0.200. The Labute approximate surface area is 112 Å². The monoisotopic (exact) mass is 262 g/mol. The first-order valence-electron chi connectivity index (χ1n) is 5.71. The number of hydrogen-bond donors (Lipinski definition) is 0. The van der Waals surface area contributed by atoms with Gasteiger partial charge in [-0.2, -0.15) is 0 Å². The lowest BCUT2D eigenvalue weighted by Crippen LogP contribution is -1.96. The Hall–Kier alpha value is -1.67. The van der Waals surface area contributed by atoms with Gasteiger partial charge in [-0.15, -0.1) is 0 Å². The smallest absolute Gasteiger partial charge is 0.137 e. The Morgan fingerprint density at radius 3 is 2.44 bits per heavy atom. The van der Waals surface area contributed by atoms with Crippen LogP contribution < -0.4 is 9.47 Å². The van der Waals surface area contributed by atoms with Crippen LogP contribution in [-0.2, 0) is 6.61 Å². The fourth-order valence-corrected chi connectivity index (χ4v) is 1.79. The van der Waals surface area contributed by atoms with E-state index in [0.717, 1.165) is 11.3 Å². The first-order valence-corrected chi connectivity index (χ1v) is 6.09. The van der Waals surface area contributed by atoms with Crippen molar-refractivity contribution in [3.63, 3.8) is 0 Å². The zero-order valence-corrected chi connectivity index (χ0v) is 11.2. The van der Waals surface area contributed by atoms with Gasteiger partial charge in [-0.05, 0) is 36.8 Å². The van der Waals surface area contributed by atoms with E-state index >= 15 is 0 Å². The number of benzene rings is 2. The van der Waals surface area contributed by atoms with Crippen LogP contribution >= 0.6 is 11.6 Å². The second-order valence-electron chi connectivity index (χ2n) is 4.07. The van der Waals surface area contributed by atoms with Crippen LogP contribution in [0.2, 0.25) is 5.02 Å². The van der Waals surface area contributed by atoms with Gasteiger partial charge in [-0.1, -0.05) is 35.4 Å². The molecule has 0 aliphatic heterocycles. The third kappa shape index (κ3) is 3.17. The van der Waals surface area contributed by atoms with E-state index in [1.807, 2.05) is 49.4 Å². The molecule has 0 heterocycles. The molecule has 0 aliphatic carbocycles. The summed E-state index contributed by atoms with van der Waals surface area (Å²) in [5.74, 6) is 1.52. The molecule has 94 valence electrons. The second-order valence-corrected chi connectivity index (χ2v) is 4.48. The molecule has 0 aliphatic rings. The molecule has 0 aromatic heterocycles. The predicted octanol–water partition coefficient (Wildman–Crippen LogP) is 4.24. The summed E-state index contributed by atoms with van der Waals surface area (Å²) in [4.78, 5) is 0. The Morgan fingerprint density at radius 1 is 1.06 bits per heavy atom. The molecule has 0 amide bonds. The average Bonchev–Trinajstić information content (AvgIpc) is 2.39. The van der Waals surface area contributed by atoms with Gasteiger partial charge in [0, 0.05) is 0 Å². The molecule has 18 heavy (non-hydrogen) atoms. The summed E-state index contributed by atoms with van der Waals surface area (Å²) in [5, 5.41) is 0.608. The van der Waals surface area contributed by atoms with Crippen molar-refractivity contribution >= 4 is 11.6 Å². The largest absolute Gasteiger partial charge is 0.495 e. The van der Waals surface area contributed by atoms with Gasteiger partial charge < -0.3 is 9.47 Å². The maximum atomic E-state index is 5.97. The van der Waals surface area contributed by atoms with E-state index < -0.39 is 0 Å². The van der Waals surface area contributed by atoms with Gasteiger partial charge in [0.05, 0.1) is 12.1 Å². The molecule has 2 nitrogen and oxygen atoms in total. The molecule has 3 heteroatoms. The van der Waals surface area contributed by atoms with Gasteiger partial charge in [0.1, 0.15) is 18.1 Å². The van der Waals surface area contributed by atoms with Gasteiger partial charge in [-0.3, -0.25) is 0 Å². The van der Waals surface area contributed by atoms with Gasteiger partial charge in [0.2, 0.25) is 0 Å². The highest BCUT2D eigenvalue weighted by atomic mass is 35.5. The lowest BCUT2D eigenvalue weighted by Gasteiger charge is -2.09. The zero-order chi connectivity index (χ0) is 13.0. The van der Waals surface area contributed by atoms with Crippen LogP contribution in [0, 0.1) is 6.92 Å². The van der Waals surface area contributed by atoms with Crippen molar-refractivity contribution < 1.29 is 9.47 Å². The van der Waals surface area contributed by atoms with E-state index in [4.69, 9.17) is 21.1 Å². The molecule has 0 atom stereocenters. The minimum Gasteiger partial charge on any atom is -0.495 e. The molecule has 2 rings (SSSR count). The topological polar surface area (TPSA) is 18.5 Å². The van der Waals surface area contributed by atoms with Gasteiger partial charge in [-0.25, -0.2) is 0 Å². The Bertz CT molecular complexity index is 521. The fourth-order valence-electron chi connectivity index (χ4n) is 1.60. The quantitative estimate of drug-likeness (QED) is 0.821. The Balaban J connectivity index is 2.04. The summed E-state index contributed by atoms with van der Waals surface area (Å²) in [7, 11) is 1.60. The maximum absolute atomic E-state index is 5.97.